The Hall–Kier alpha value is -3.65. The molecule has 8 heteroatoms. The molecule has 0 saturated carbocycles. The van der Waals surface area contributed by atoms with Crippen molar-refractivity contribution in [2.45, 2.75) is 31.3 Å². The summed E-state index contributed by atoms with van der Waals surface area (Å²) in [7, 11) is -4.09. The molecule has 0 unspecified atom stereocenters. The molecular formula is C24H23N3O4S. The highest BCUT2D eigenvalue weighted by atomic mass is 32.2. The van der Waals surface area contributed by atoms with Crippen molar-refractivity contribution >= 4 is 32.7 Å². The minimum absolute atomic E-state index is 0.0328. The summed E-state index contributed by atoms with van der Waals surface area (Å²) in [6, 6.07) is 21.4. The Morgan fingerprint density at radius 2 is 1.62 bits per heavy atom. The molecule has 0 aliphatic rings. The number of fused-ring (bicyclic) bond motifs is 1. The number of anilines is 1. The predicted molar refractivity (Wildman–Crippen MR) is 123 cm³/mol. The molecule has 0 bridgehead atoms. The van der Waals surface area contributed by atoms with Crippen molar-refractivity contribution in [3.05, 3.63) is 90.3 Å². The van der Waals surface area contributed by atoms with Crippen LogP contribution in [0.5, 0.6) is 0 Å². The highest BCUT2D eigenvalue weighted by molar-refractivity contribution is 7.92. The molecule has 0 amide bonds. The molecule has 1 heterocycles. The van der Waals surface area contributed by atoms with Gasteiger partial charge in [0.05, 0.1) is 21.6 Å². The number of aliphatic carboxylic acids is 1. The van der Waals surface area contributed by atoms with E-state index in [-0.39, 0.29) is 4.90 Å². The van der Waals surface area contributed by atoms with Gasteiger partial charge in [0.1, 0.15) is 11.9 Å². The first-order chi connectivity index (χ1) is 15.3. The second kappa shape index (κ2) is 8.47. The number of para-hydroxylation sites is 3. The number of imidazole rings is 1. The number of hydrogen-bond acceptors (Lipinski definition) is 4. The Balaban J connectivity index is 1.67. The maximum atomic E-state index is 13.4. The maximum absolute atomic E-state index is 13.4. The van der Waals surface area contributed by atoms with Gasteiger partial charge < -0.3 is 9.67 Å². The molecule has 1 N–H and O–H groups in total. The number of hydrogen-bond donors (Lipinski definition) is 1. The summed E-state index contributed by atoms with van der Waals surface area (Å²) in [5, 5.41) is 9.51. The lowest BCUT2D eigenvalue weighted by atomic mass is 10.2. The number of sulfonamides is 1. The molecule has 0 radical (unpaired) electrons. The van der Waals surface area contributed by atoms with Crippen LogP contribution in [-0.2, 0) is 21.4 Å². The van der Waals surface area contributed by atoms with Gasteiger partial charge in [-0.15, -0.1) is 0 Å². The molecule has 0 fully saturated rings. The normalized spacial score (nSPS) is 12.6. The van der Waals surface area contributed by atoms with Gasteiger partial charge in [-0.2, -0.15) is 0 Å². The number of benzene rings is 3. The van der Waals surface area contributed by atoms with Crippen LogP contribution < -0.4 is 4.31 Å². The van der Waals surface area contributed by atoms with Crippen LogP contribution in [0.2, 0.25) is 0 Å². The fourth-order valence-electron chi connectivity index (χ4n) is 3.70. The zero-order valence-electron chi connectivity index (χ0n) is 17.7. The molecular weight excluding hydrogens is 426 g/mol. The van der Waals surface area contributed by atoms with E-state index >= 15 is 0 Å². The third-order valence-electron chi connectivity index (χ3n) is 5.39. The monoisotopic (exact) mass is 449 g/mol. The summed E-state index contributed by atoms with van der Waals surface area (Å²) in [6.45, 7) is 3.83. The zero-order chi connectivity index (χ0) is 22.9. The summed E-state index contributed by atoms with van der Waals surface area (Å²) in [5.41, 5.74) is 3.12. The summed E-state index contributed by atoms with van der Waals surface area (Å²) >= 11 is 0. The molecule has 32 heavy (non-hydrogen) atoms. The van der Waals surface area contributed by atoms with Crippen molar-refractivity contribution in [2.24, 2.45) is 0 Å². The number of carbonyl (C=O) groups is 1. The van der Waals surface area contributed by atoms with Crippen molar-refractivity contribution in [1.29, 1.82) is 0 Å². The van der Waals surface area contributed by atoms with Crippen LogP contribution in [0, 0.1) is 6.92 Å². The summed E-state index contributed by atoms with van der Waals surface area (Å²) in [6.07, 6.45) is 0. The van der Waals surface area contributed by atoms with Crippen molar-refractivity contribution in [3.63, 3.8) is 0 Å². The molecule has 164 valence electrons. The number of aromatic nitrogens is 2. The molecule has 0 aliphatic carbocycles. The third-order valence-corrected chi connectivity index (χ3v) is 7.30. The zero-order valence-corrected chi connectivity index (χ0v) is 18.5. The van der Waals surface area contributed by atoms with Gasteiger partial charge in [0.15, 0.2) is 0 Å². The van der Waals surface area contributed by atoms with E-state index in [1.807, 2.05) is 31.2 Å². The second-order valence-corrected chi connectivity index (χ2v) is 9.34. The van der Waals surface area contributed by atoms with Crippen molar-refractivity contribution in [1.82, 2.24) is 9.55 Å². The first-order valence-corrected chi connectivity index (χ1v) is 11.6. The van der Waals surface area contributed by atoms with Crippen molar-refractivity contribution < 1.29 is 18.3 Å². The highest BCUT2D eigenvalue weighted by Crippen LogP contribution is 2.27. The first-order valence-electron chi connectivity index (χ1n) is 10.1. The van der Waals surface area contributed by atoms with E-state index in [1.165, 1.54) is 19.1 Å². The van der Waals surface area contributed by atoms with Crippen molar-refractivity contribution in [3.8, 4) is 0 Å². The van der Waals surface area contributed by atoms with Crippen LogP contribution >= 0.6 is 0 Å². The number of nitrogens with zero attached hydrogens (tertiary/aromatic N) is 3. The Kier molecular flexibility index (Phi) is 5.71. The fourth-order valence-corrected chi connectivity index (χ4v) is 5.32. The number of carboxylic acid groups (broad SMARTS) is 1. The number of aryl methyl sites for hydroxylation is 1. The summed E-state index contributed by atoms with van der Waals surface area (Å²) in [5.74, 6) is -0.357. The van der Waals surface area contributed by atoms with Gasteiger partial charge in [-0.1, -0.05) is 42.5 Å². The molecule has 1 atom stereocenters. The molecule has 1 aromatic heterocycles. The Labute approximate surface area is 186 Å². The van der Waals surface area contributed by atoms with Crippen LogP contribution in [-0.4, -0.2) is 35.1 Å². The minimum Gasteiger partial charge on any atom is -0.480 e. The smallest absolute Gasteiger partial charge is 0.327 e. The van der Waals surface area contributed by atoms with Gasteiger partial charge in [0.2, 0.25) is 0 Å². The Morgan fingerprint density at radius 3 is 2.28 bits per heavy atom. The van der Waals surface area contributed by atoms with E-state index in [2.05, 4.69) is 9.55 Å². The molecule has 0 spiro atoms. The van der Waals surface area contributed by atoms with Crippen LogP contribution in [0.4, 0.5) is 5.69 Å². The van der Waals surface area contributed by atoms with Gasteiger partial charge in [-0.25, -0.2) is 18.2 Å². The van der Waals surface area contributed by atoms with Crippen LogP contribution in [0.25, 0.3) is 11.0 Å². The lowest BCUT2D eigenvalue weighted by Crippen LogP contribution is -2.43. The average molecular weight is 450 g/mol. The molecule has 4 rings (SSSR count). The summed E-state index contributed by atoms with van der Waals surface area (Å²) < 4.78 is 29.8. The van der Waals surface area contributed by atoms with Gasteiger partial charge >= 0.3 is 5.97 Å². The first kappa shape index (κ1) is 21.6. The topological polar surface area (TPSA) is 92.5 Å². The standard InChI is InChI=1S/C24H23N3O4S/c1-17(24(28)29)27(20-8-4-3-5-9-20)32(30,31)21-14-12-19(13-15-21)16-26-18(2)25-22-10-6-7-11-23(22)26/h3-15,17H,16H2,1-2H3,(H,28,29)/t17-/m0/s1. The Morgan fingerprint density at radius 1 is 1.00 bits per heavy atom. The van der Waals surface area contributed by atoms with E-state index in [1.54, 1.807) is 42.5 Å². The maximum Gasteiger partial charge on any atom is 0.327 e. The molecule has 0 aliphatic heterocycles. The van der Waals surface area contributed by atoms with E-state index in [0.29, 0.717) is 12.2 Å². The lowest BCUT2D eigenvalue weighted by molar-refractivity contribution is -0.137. The lowest BCUT2D eigenvalue weighted by Gasteiger charge is -2.28. The molecule has 7 nitrogen and oxygen atoms in total. The van der Waals surface area contributed by atoms with E-state index in [0.717, 1.165) is 26.7 Å². The van der Waals surface area contributed by atoms with Gasteiger partial charge in [-0.3, -0.25) is 4.31 Å². The number of rotatable bonds is 7. The molecule has 4 aromatic rings. The fraction of sp³-hybridized carbons (Fsp3) is 0.167. The van der Waals surface area contributed by atoms with Crippen LogP contribution in [0.1, 0.15) is 18.3 Å². The van der Waals surface area contributed by atoms with E-state index < -0.39 is 22.0 Å². The van der Waals surface area contributed by atoms with Gasteiger partial charge in [-0.05, 0) is 55.8 Å². The van der Waals surface area contributed by atoms with Crippen LogP contribution in [0.3, 0.4) is 0 Å². The van der Waals surface area contributed by atoms with Crippen LogP contribution in [0.15, 0.2) is 83.8 Å². The summed E-state index contributed by atoms with van der Waals surface area (Å²) in [4.78, 5) is 16.2. The van der Waals surface area contributed by atoms with Crippen molar-refractivity contribution in [2.75, 3.05) is 4.31 Å². The average Bonchev–Trinajstić information content (AvgIpc) is 3.10. The van der Waals surface area contributed by atoms with Gasteiger partial charge in [0.25, 0.3) is 10.0 Å². The highest BCUT2D eigenvalue weighted by Gasteiger charge is 2.33. The SMILES string of the molecule is Cc1nc2ccccc2n1Cc1ccc(S(=O)(=O)N(c2ccccc2)[C@@H](C)C(=O)O)cc1. The largest absolute Gasteiger partial charge is 0.480 e. The Bertz CT molecular complexity index is 1360. The third kappa shape index (κ3) is 3.97. The molecule has 3 aromatic carbocycles. The van der Waals surface area contributed by atoms with Gasteiger partial charge in [0, 0.05) is 6.54 Å². The second-order valence-electron chi connectivity index (χ2n) is 7.53. The van der Waals surface area contributed by atoms with E-state index in [4.69, 9.17) is 0 Å². The number of carboxylic acids is 1. The van der Waals surface area contributed by atoms with E-state index in [9.17, 15) is 18.3 Å². The minimum atomic E-state index is -4.09. The predicted octanol–water partition coefficient (Wildman–Crippen LogP) is 4.06. The quantitative estimate of drug-likeness (QED) is 0.459. The molecule has 0 saturated heterocycles.